The van der Waals surface area contributed by atoms with Gasteiger partial charge in [0.1, 0.15) is 0 Å². The molecule has 3 aromatic rings. The third-order valence-corrected chi connectivity index (χ3v) is 2.99. The molecular formula is C16H14F3N5O2. The number of carboxylic acid groups (broad SMARTS) is 1. The van der Waals surface area contributed by atoms with E-state index < -0.39 is 12.1 Å². The summed E-state index contributed by atoms with van der Waals surface area (Å²) in [4.78, 5) is 17.2. The molecule has 0 spiro atoms. The molecule has 0 fully saturated rings. The second-order valence-electron chi connectivity index (χ2n) is 4.81. The zero-order chi connectivity index (χ0) is 19.0. The summed E-state index contributed by atoms with van der Waals surface area (Å²) >= 11 is 0. The lowest BCUT2D eigenvalue weighted by atomic mass is 10.2. The van der Waals surface area contributed by atoms with Crippen LogP contribution >= 0.6 is 0 Å². The molecule has 0 bridgehead atoms. The van der Waals surface area contributed by atoms with Gasteiger partial charge in [-0.25, -0.2) is 19.4 Å². The number of hydrogen-bond donors (Lipinski definition) is 2. The largest absolute Gasteiger partial charge is 0.490 e. The number of nitrogens with zero attached hydrogens (tertiary/aromatic N) is 4. The summed E-state index contributed by atoms with van der Waals surface area (Å²) in [5.74, 6) is -2.13. The molecule has 0 saturated carbocycles. The molecule has 0 radical (unpaired) electrons. The highest BCUT2D eigenvalue weighted by Gasteiger charge is 2.38. The standard InChI is InChI=1S/C14H13N5.C2HF3O2/c1-2-6-13(19-10-4-9-18-19)12(5-1)11-17-14-15-7-3-8-16-14;3-2(4,5)1(6)7/h1-10H,11H2,(H,15,16,17);(H,6,7). The Morgan fingerprint density at radius 1 is 1.08 bits per heavy atom. The van der Waals surface area contributed by atoms with Crippen molar-refractivity contribution >= 4 is 11.9 Å². The topological polar surface area (TPSA) is 92.9 Å². The monoisotopic (exact) mass is 365 g/mol. The van der Waals surface area contributed by atoms with Gasteiger partial charge in [0.15, 0.2) is 0 Å². The molecule has 26 heavy (non-hydrogen) atoms. The predicted octanol–water partition coefficient (Wildman–Crippen LogP) is 2.91. The Bertz CT molecular complexity index is 823. The molecule has 136 valence electrons. The molecule has 0 saturated heterocycles. The van der Waals surface area contributed by atoms with Crippen LogP contribution in [0.3, 0.4) is 0 Å². The number of rotatable bonds is 4. The van der Waals surface area contributed by atoms with Gasteiger partial charge < -0.3 is 10.4 Å². The van der Waals surface area contributed by atoms with Crippen molar-refractivity contribution in [1.29, 1.82) is 0 Å². The van der Waals surface area contributed by atoms with E-state index in [0.29, 0.717) is 12.5 Å². The SMILES string of the molecule is O=C(O)C(F)(F)F.c1cnc(NCc2ccccc2-n2cccn2)nc1. The second-order valence-corrected chi connectivity index (χ2v) is 4.81. The quantitative estimate of drug-likeness (QED) is 0.739. The summed E-state index contributed by atoms with van der Waals surface area (Å²) in [6.07, 6.45) is 2.05. The van der Waals surface area contributed by atoms with Gasteiger partial charge in [-0.2, -0.15) is 18.3 Å². The minimum Gasteiger partial charge on any atom is -0.475 e. The molecule has 10 heteroatoms. The maximum atomic E-state index is 10.6. The van der Waals surface area contributed by atoms with E-state index in [1.807, 2.05) is 35.1 Å². The van der Waals surface area contributed by atoms with E-state index in [2.05, 4.69) is 26.4 Å². The third-order valence-electron chi connectivity index (χ3n) is 2.99. The maximum absolute atomic E-state index is 10.6. The maximum Gasteiger partial charge on any atom is 0.490 e. The lowest BCUT2D eigenvalue weighted by Crippen LogP contribution is -2.21. The van der Waals surface area contributed by atoms with Crippen LogP contribution in [0.5, 0.6) is 0 Å². The van der Waals surface area contributed by atoms with Crippen molar-refractivity contribution in [3.63, 3.8) is 0 Å². The van der Waals surface area contributed by atoms with Gasteiger partial charge in [-0.05, 0) is 23.8 Å². The summed E-state index contributed by atoms with van der Waals surface area (Å²) in [5.41, 5.74) is 2.19. The number of carbonyl (C=O) groups is 1. The Kier molecular flexibility index (Phi) is 6.25. The van der Waals surface area contributed by atoms with Crippen molar-refractivity contribution < 1.29 is 23.1 Å². The summed E-state index contributed by atoms with van der Waals surface area (Å²) in [6, 6.07) is 11.8. The van der Waals surface area contributed by atoms with Crippen molar-refractivity contribution in [3.05, 3.63) is 66.7 Å². The number of anilines is 1. The molecule has 0 amide bonds. The Hall–Kier alpha value is -3.43. The number of aromatic nitrogens is 4. The Morgan fingerprint density at radius 3 is 2.31 bits per heavy atom. The molecular weight excluding hydrogens is 351 g/mol. The second kappa shape index (κ2) is 8.60. The van der Waals surface area contributed by atoms with Crippen molar-refractivity contribution in [1.82, 2.24) is 19.7 Å². The highest BCUT2D eigenvalue weighted by molar-refractivity contribution is 5.73. The number of alkyl halides is 3. The minimum absolute atomic E-state index is 0.623. The molecule has 2 aromatic heterocycles. The first kappa shape index (κ1) is 18.9. The number of carboxylic acids is 1. The van der Waals surface area contributed by atoms with Crippen molar-refractivity contribution in [2.24, 2.45) is 0 Å². The highest BCUT2D eigenvalue weighted by atomic mass is 19.4. The molecule has 7 nitrogen and oxygen atoms in total. The Morgan fingerprint density at radius 2 is 1.73 bits per heavy atom. The highest BCUT2D eigenvalue weighted by Crippen LogP contribution is 2.14. The fraction of sp³-hybridized carbons (Fsp3) is 0.125. The first-order valence-electron chi connectivity index (χ1n) is 7.27. The van der Waals surface area contributed by atoms with E-state index in [-0.39, 0.29) is 0 Å². The summed E-state index contributed by atoms with van der Waals surface area (Å²) in [7, 11) is 0. The van der Waals surface area contributed by atoms with Gasteiger partial charge in [-0.1, -0.05) is 18.2 Å². The molecule has 0 atom stereocenters. The lowest BCUT2D eigenvalue weighted by molar-refractivity contribution is -0.192. The Labute approximate surface area is 146 Å². The molecule has 0 aliphatic carbocycles. The average molecular weight is 365 g/mol. The first-order chi connectivity index (χ1) is 12.4. The molecule has 0 unspecified atom stereocenters. The number of hydrogen-bond acceptors (Lipinski definition) is 5. The number of para-hydroxylation sites is 1. The van der Waals surface area contributed by atoms with Crippen molar-refractivity contribution in [3.8, 4) is 5.69 Å². The molecule has 2 heterocycles. The van der Waals surface area contributed by atoms with Gasteiger partial charge >= 0.3 is 12.1 Å². The van der Waals surface area contributed by atoms with Crippen LogP contribution in [-0.2, 0) is 11.3 Å². The van der Waals surface area contributed by atoms with Gasteiger partial charge in [0.05, 0.1) is 5.69 Å². The van der Waals surface area contributed by atoms with Crippen molar-refractivity contribution in [2.45, 2.75) is 12.7 Å². The normalized spacial score (nSPS) is 10.6. The number of halogens is 3. The van der Waals surface area contributed by atoms with E-state index >= 15 is 0 Å². The van der Waals surface area contributed by atoms with E-state index in [4.69, 9.17) is 9.90 Å². The molecule has 0 aliphatic heterocycles. The van der Waals surface area contributed by atoms with E-state index in [1.165, 1.54) is 0 Å². The van der Waals surface area contributed by atoms with Gasteiger partial charge in [0, 0.05) is 31.3 Å². The van der Waals surface area contributed by atoms with E-state index in [0.717, 1.165) is 11.3 Å². The van der Waals surface area contributed by atoms with Crippen molar-refractivity contribution in [2.75, 3.05) is 5.32 Å². The Balaban J connectivity index is 0.000000298. The predicted molar refractivity (Wildman–Crippen MR) is 86.6 cm³/mol. The van der Waals surface area contributed by atoms with Crippen LogP contribution in [0.25, 0.3) is 5.69 Å². The van der Waals surface area contributed by atoms with Gasteiger partial charge in [0.2, 0.25) is 5.95 Å². The van der Waals surface area contributed by atoms with Crippen LogP contribution in [-0.4, -0.2) is 37.0 Å². The summed E-state index contributed by atoms with van der Waals surface area (Å²) in [6.45, 7) is 0.653. The van der Waals surface area contributed by atoms with Crippen LogP contribution in [0.2, 0.25) is 0 Å². The van der Waals surface area contributed by atoms with Gasteiger partial charge in [0.25, 0.3) is 0 Å². The number of aliphatic carboxylic acids is 1. The summed E-state index contributed by atoms with van der Waals surface area (Å²) in [5, 5.41) is 14.6. The molecule has 0 aliphatic rings. The zero-order valence-corrected chi connectivity index (χ0v) is 13.3. The average Bonchev–Trinajstić information content (AvgIpc) is 3.15. The van der Waals surface area contributed by atoms with Crippen LogP contribution in [0.1, 0.15) is 5.56 Å². The number of benzene rings is 1. The van der Waals surface area contributed by atoms with E-state index in [1.54, 1.807) is 24.7 Å². The fourth-order valence-electron chi connectivity index (χ4n) is 1.86. The first-order valence-corrected chi connectivity index (χ1v) is 7.27. The molecule has 2 N–H and O–H groups in total. The summed E-state index contributed by atoms with van der Waals surface area (Å²) < 4.78 is 33.6. The van der Waals surface area contributed by atoms with Gasteiger partial charge in [-0.15, -0.1) is 0 Å². The molecule has 3 rings (SSSR count). The fourth-order valence-corrected chi connectivity index (χ4v) is 1.86. The zero-order valence-electron chi connectivity index (χ0n) is 13.3. The van der Waals surface area contributed by atoms with Crippen LogP contribution < -0.4 is 5.32 Å². The van der Waals surface area contributed by atoms with Crippen LogP contribution in [0.15, 0.2) is 61.2 Å². The minimum atomic E-state index is -5.08. The van der Waals surface area contributed by atoms with Crippen LogP contribution in [0.4, 0.5) is 19.1 Å². The van der Waals surface area contributed by atoms with Crippen LogP contribution in [0, 0.1) is 0 Å². The smallest absolute Gasteiger partial charge is 0.475 e. The lowest BCUT2D eigenvalue weighted by Gasteiger charge is -2.10. The third kappa shape index (κ3) is 5.58. The van der Waals surface area contributed by atoms with E-state index in [9.17, 15) is 13.2 Å². The van der Waals surface area contributed by atoms with Gasteiger partial charge in [-0.3, -0.25) is 0 Å². The molecule has 1 aromatic carbocycles. The number of nitrogens with one attached hydrogen (secondary N) is 1.